The minimum atomic E-state index is -4.59. The maximum atomic E-state index is 12.7. The molecule has 0 aliphatic carbocycles. The van der Waals surface area contributed by atoms with Crippen LogP contribution in [0.5, 0.6) is 0 Å². The van der Waals surface area contributed by atoms with E-state index in [0.29, 0.717) is 11.0 Å². The Kier molecular flexibility index (Phi) is 3.90. The van der Waals surface area contributed by atoms with Gasteiger partial charge >= 0.3 is 11.9 Å². The molecule has 0 aliphatic rings. The number of nitrogens with zero attached hydrogens (tertiary/aromatic N) is 3. The Morgan fingerprint density at radius 1 is 1.28 bits per heavy atom. The van der Waals surface area contributed by atoms with Crippen LogP contribution in [0.1, 0.15) is 11.3 Å². The second kappa shape index (κ2) is 5.80. The fraction of sp³-hybridized carbons (Fsp3) is 0.267. The first-order valence-electron chi connectivity index (χ1n) is 7.26. The summed E-state index contributed by atoms with van der Waals surface area (Å²) in [5, 5.41) is 7.65. The van der Waals surface area contributed by atoms with Gasteiger partial charge in [-0.3, -0.25) is 19.0 Å². The van der Waals surface area contributed by atoms with Gasteiger partial charge in [0, 0.05) is 12.6 Å². The summed E-state index contributed by atoms with van der Waals surface area (Å²) in [6.45, 7) is 0.861. The second-order valence-electron chi connectivity index (χ2n) is 5.53. The number of aryl methyl sites for hydroxylation is 1. The molecule has 3 rings (SSSR count). The molecule has 2 aromatic heterocycles. The van der Waals surface area contributed by atoms with Crippen LogP contribution >= 0.6 is 0 Å². The number of para-hydroxylation sites is 2. The number of fused-ring (bicyclic) bond motifs is 1. The second-order valence-corrected chi connectivity index (χ2v) is 5.53. The lowest BCUT2D eigenvalue weighted by molar-refractivity contribution is -0.141. The van der Waals surface area contributed by atoms with E-state index in [9.17, 15) is 22.8 Å². The first-order valence-corrected chi connectivity index (χ1v) is 7.26. The fourth-order valence-corrected chi connectivity index (χ4v) is 2.63. The molecular formula is C15H14F3N5O2. The number of carbonyl (C=O) groups is 1. The number of imidazole rings is 1. The zero-order valence-electron chi connectivity index (χ0n) is 13.3. The van der Waals surface area contributed by atoms with Gasteiger partial charge in [-0.2, -0.15) is 18.3 Å². The van der Waals surface area contributed by atoms with E-state index in [1.807, 2.05) is 5.10 Å². The largest absolute Gasteiger partial charge is 0.433 e. The number of alkyl halides is 3. The lowest BCUT2D eigenvalue weighted by atomic mass is 10.2. The maximum Gasteiger partial charge on any atom is 0.433 e. The van der Waals surface area contributed by atoms with E-state index in [2.05, 4.69) is 10.4 Å². The number of anilines is 1. The number of nitrogens with one attached hydrogen (secondary N) is 2. The van der Waals surface area contributed by atoms with E-state index in [-0.39, 0.29) is 17.9 Å². The van der Waals surface area contributed by atoms with Crippen molar-refractivity contribution in [3.05, 3.63) is 46.0 Å². The highest BCUT2D eigenvalue weighted by molar-refractivity contribution is 5.91. The smallest absolute Gasteiger partial charge is 0.307 e. The molecule has 25 heavy (non-hydrogen) atoms. The molecule has 0 unspecified atom stereocenters. The van der Waals surface area contributed by atoms with Crippen molar-refractivity contribution in [3.63, 3.8) is 0 Å². The van der Waals surface area contributed by atoms with Crippen molar-refractivity contribution >= 4 is 22.8 Å². The summed E-state index contributed by atoms with van der Waals surface area (Å²) in [7, 11) is 1.58. The molecule has 2 heterocycles. The van der Waals surface area contributed by atoms with Crippen LogP contribution in [0, 0.1) is 6.92 Å². The average molecular weight is 353 g/mol. The van der Waals surface area contributed by atoms with E-state index in [1.165, 1.54) is 16.1 Å². The monoisotopic (exact) mass is 353 g/mol. The Hall–Kier alpha value is -3.04. The van der Waals surface area contributed by atoms with Gasteiger partial charge in [0.05, 0.1) is 11.0 Å². The molecule has 7 nitrogen and oxygen atoms in total. The third-order valence-electron chi connectivity index (χ3n) is 3.90. The zero-order valence-corrected chi connectivity index (χ0v) is 13.3. The molecule has 1 amide bonds. The predicted molar refractivity (Wildman–Crippen MR) is 84.1 cm³/mol. The normalized spacial score (nSPS) is 11.9. The van der Waals surface area contributed by atoms with Gasteiger partial charge in [-0.1, -0.05) is 12.1 Å². The van der Waals surface area contributed by atoms with Crippen LogP contribution in [0.25, 0.3) is 11.0 Å². The van der Waals surface area contributed by atoms with Crippen molar-refractivity contribution in [1.29, 1.82) is 0 Å². The summed E-state index contributed by atoms with van der Waals surface area (Å²) in [5.41, 5.74) is -0.433. The number of hydrogen-bond donors (Lipinski definition) is 2. The fourth-order valence-electron chi connectivity index (χ4n) is 2.63. The molecule has 0 radical (unpaired) electrons. The molecular weight excluding hydrogens is 339 g/mol. The Balaban J connectivity index is 1.87. The number of amides is 1. The predicted octanol–water partition coefficient (Wildman–Crippen LogP) is 2.03. The molecule has 0 saturated carbocycles. The Labute approximate surface area is 139 Å². The van der Waals surface area contributed by atoms with Gasteiger partial charge in [0.2, 0.25) is 5.91 Å². The quantitative estimate of drug-likeness (QED) is 0.756. The highest BCUT2D eigenvalue weighted by Crippen LogP contribution is 2.32. The minimum absolute atomic E-state index is 0.217. The molecule has 132 valence electrons. The lowest BCUT2D eigenvalue weighted by Gasteiger charge is -2.06. The van der Waals surface area contributed by atoms with E-state index in [1.54, 1.807) is 31.3 Å². The minimum Gasteiger partial charge on any atom is -0.307 e. The van der Waals surface area contributed by atoms with Gasteiger partial charge in [-0.15, -0.1) is 0 Å². The van der Waals surface area contributed by atoms with Crippen molar-refractivity contribution in [2.45, 2.75) is 19.6 Å². The standard InChI is InChI=1S/C15H14F3N5O2/c1-8-12(15(16,17)18)20-21-13(8)19-11(24)7-23-10-6-4-3-5-9(10)22(2)14(23)25/h3-6H,7H2,1-2H3,(H2,19,20,21,24). The van der Waals surface area contributed by atoms with Crippen LogP contribution in [0.4, 0.5) is 19.0 Å². The van der Waals surface area contributed by atoms with Crippen LogP contribution < -0.4 is 11.0 Å². The van der Waals surface area contributed by atoms with Crippen LogP contribution in [0.3, 0.4) is 0 Å². The number of aromatic amines is 1. The van der Waals surface area contributed by atoms with Gasteiger partial charge < -0.3 is 5.32 Å². The first kappa shape index (κ1) is 16.8. The number of benzene rings is 1. The Morgan fingerprint density at radius 2 is 1.92 bits per heavy atom. The third kappa shape index (κ3) is 2.90. The van der Waals surface area contributed by atoms with Crippen LogP contribution in [0.15, 0.2) is 29.1 Å². The molecule has 2 N–H and O–H groups in total. The third-order valence-corrected chi connectivity index (χ3v) is 3.90. The van der Waals surface area contributed by atoms with Gasteiger partial charge in [-0.05, 0) is 19.1 Å². The van der Waals surface area contributed by atoms with Crippen LogP contribution in [-0.4, -0.2) is 25.2 Å². The van der Waals surface area contributed by atoms with Crippen molar-refractivity contribution in [1.82, 2.24) is 19.3 Å². The zero-order chi connectivity index (χ0) is 18.4. The highest BCUT2D eigenvalue weighted by atomic mass is 19.4. The van der Waals surface area contributed by atoms with Crippen molar-refractivity contribution in [3.8, 4) is 0 Å². The van der Waals surface area contributed by atoms with Crippen LogP contribution in [-0.2, 0) is 24.6 Å². The number of aromatic nitrogens is 4. The molecule has 0 bridgehead atoms. The van der Waals surface area contributed by atoms with Crippen molar-refractivity contribution in [2.75, 3.05) is 5.32 Å². The SMILES string of the molecule is Cc1c(NC(=O)Cn2c(=O)n(C)c3ccccc32)n[nH]c1C(F)(F)F. The topological polar surface area (TPSA) is 84.7 Å². The Morgan fingerprint density at radius 3 is 2.52 bits per heavy atom. The first-order chi connectivity index (χ1) is 11.7. The average Bonchev–Trinajstić information content (AvgIpc) is 3.02. The van der Waals surface area contributed by atoms with Gasteiger partial charge in [0.1, 0.15) is 12.2 Å². The van der Waals surface area contributed by atoms with E-state index in [4.69, 9.17) is 0 Å². The molecule has 0 atom stereocenters. The highest BCUT2D eigenvalue weighted by Gasteiger charge is 2.36. The van der Waals surface area contributed by atoms with Crippen LogP contribution in [0.2, 0.25) is 0 Å². The summed E-state index contributed by atoms with van der Waals surface area (Å²) in [6.07, 6.45) is -4.59. The molecule has 0 fully saturated rings. The van der Waals surface area contributed by atoms with Gasteiger partial charge in [-0.25, -0.2) is 4.79 Å². The number of rotatable bonds is 3. The number of H-pyrrole nitrogens is 1. The lowest BCUT2D eigenvalue weighted by Crippen LogP contribution is -2.28. The van der Waals surface area contributed by atoms with Gasteiger partial charge in [0.15, 0.2) is 5.82 Å². The summed E-state index contributed by atoms with van der Waals surface area (Å²) < 4.78 is 40.9. The van der Waals surface area contributed by atoms with E-state index >= 15 is 0 Å². The molecule has 0 aliphatic heterocycles. The number of carbonyl (C=O) groups excluding carboxylic acids is 1. The summed E-state index contributed by atoms with van der Waals surface area (Å²) in [6, 6.07) is 6.91. The molecule has 1 aromatic carbocycles. The maximum absolute atomic E-state index is 12.7. The number of halogens is 3. The molecule has 0 saturated heterocycles. The molecule has 3 aromatic rings. The molecule has 0 spiro atoms. The van der Waals surface area contributed by atoms with Crippen molar-refractivity contribution < 1.29 is 18.0 Å². The Bertz CT molecular complexity index is 1010. The van der Waals surface area contributed by atoms with E-state index < -0.39 is 23.5 Å². The van der Waals surface area contributed by atoms with E-state index in [0.717, 1.165) is 0 Å². The number of hydrogen-bond acceptors (Lipinski definition) is 3. The summed E-state index contributed by atoms with van der Waals surface area (Å²) in [4.78, 5) is 24.4. The summed E-state index contributed by atoms with van der Waals surface area (Å²) in [5.74, 6) is -0.868. The van der Waals surface area contributed by atoms with Gasteiger partial charge in [0.25, 0.3) is 0 Å². The summed E-state index contributed by atoms with van der Waals surface area (Å²) >= 11 is 0. The molecule has 10 heteroatoms. The van der Waals surface area contributed by atoms with Crippen molar-refractivity contribution in [2.24, 2.45) is 7.05 Å².